The fraction of sp³-hybridized carbons (Fsp3) is 0.611. The molecule has 1 N–H and O–H groups in total. The predicted molar refractivity (Wildman–Crippen MR) is 101 cm³/mol. The molecule has 0 atom stereocenters. The first-order valence-electron chi connectivity index (χ1n) is 8.53. The maximum absolute atomic E-state index is 12.4. The Balaban J connectivity index is 1.81. The molecule has 1 fully saturated rings. The van der Waals surface area contributed by atoms with Crippen LogP contribution in [0, 0.1) is 5.92 Å². The normalized spacial score (nSPS) is 16.4. The van der Waals surface area contributed by atoms with Crippen LogP contribution in [0.4, 0.5) is 4.79 Å². The third-order valence-electron chi connectivity index (χ3n) is 4.32. The number of carbonyl (C=O) groups is 1. The lowest BCUT2D eigenvalue weighted by Gasteiger charge is -2.34. The van der Waals surface area contributed by atoms with Crippen LogP contribution in [-0.2, 0) is 6.54 Å². The Morgan fingerprint density at radius 2 is 2.00 bits per heavy atom. The molecule has 0 saturated carbocycles. The van der Waals surface area contributed by atoms with Gasteiger partial charge >= 0.3 is 6.03 Å². The Bertz CT molecular complexity index is 557. The van der Waals surface area contributed by atoms with Crippen LogP contribution in [0.1, 0.15) is 32.3 Å². The highest BCUT2D eigenvalue weighted by molar-refractivity contribution is 6.42. The summed E-state index contributed by atoms with van der Waals surface area (Å²) in [4.78, 5) is 16.5. The molecular formula is C18H27Cl2N3O. The molecule has 1 saturated heterocycles. The summed E-state index contributed by atoms with van der Waals surface area (Å²) in [5, 5.41) is 4.16. The number of hydrogen-bond acceptors (Lipinski definition) is 2. The van der Waals surface area contributed by atoms with Crippen molar-refractivity contribution in [1.82, 2.24) is 15.1 Å². The number of carbonyl (C=O) groups excluding carboxylic acids is 1. The molecule has 0 aliphatic carbocycles. The second kappa shape index (κ2) is 8.93. The van der Waals surface area contributed by atoms with Crippen LogP contribution in [0.25, 0.3) is 0 Å². The molecule has 0 spiro atoms. The van der Waals surface area contributed by atoms with Gasteiger partial charge in [-0.1, -0.05) is 49.2 Å². The zero-order chi connectivity index (χ0) is 17.7. The Labute approximate surface area is 155 Å². The van der Waals surface area contributed by atoms with Crippen molar-refractivity contribution in [2.75, 3.05) is 26.7 Å². The molecule has 2 amide bonds. The van der Waals surface area contributed by atoms with E-state index in [-0.39, 0.29) is 12.1 Å². The predicted octanol–water partition coefficient (Wildman–Crippen LogP) is 4.26. The van der Waals surface area contributed by atoms with E-state index in [0.717, 1.165) is 38.0 Å². The number of nitrogens with one attached hydrogen (secondary N) is 1. The minimum absolute atomic E-state index is 0.0617. The van der Waals surface area contributed by atoms with Gasteiger partial charge in [0.2, 0.25) is 0 Å². The molecule has 0 aromatic heterocycles. The van der Waals surface area contributed by atoms with Gasteiger partial charge in [0.25, 0.3) is 0 Å². The zero-order valence-corrected chi connectivity index (χ0v) is 16.2. The molecule has 24 heavy (non-hydrogen) atoms. The largest absolute Gasteiger partial charge is 0.335 e. The molecule has 1 heterocycles. The lowest BCUT2D eigenvalue weighted by molar-refractivity contribution is 0.167. The van der Waals surface area contributed by atoms with Crippen molar-refractivity contribution in [2.45, 2.75) is 39.3 Å². The van der Waals surface area contributed by atoms with Crippen molar-refractivity contribution in [3.63, 3.8) is 0 Å². The van der Waals surface area contributed by atoms with E-state index in [1.165, 1.54) is 0 Å². The summed E-state index contributed by atoms with van der Waals surface area (Å²) in [7, 11) is 1.78. The monoisotopic (exact) mass is 371 g/mol. The average molecular weight is 372 g/mol. The summed E-state index contributed by atoms with van der Waals surface area (Å²) in [6.45, 7) is 8.15. The van der Waals surface area contributed by atoms with Crippen LogP contribution in [-0.4, -0.2) is 48.6 Å². The van der Waals surface area contributed by atoms with E-state index in [2.05, 4.69) is 24.1 Å². The average Bonchev–Trinajstić information content (AvgIpc) is 2.53. The minimum Gasteiger partial charge on any atom is -0.335 e. The number of hydrogen-bond donors (Lipinski definition) is 1. The molecule has 1 aromatic carbocycles. The van der Waals surface area contributed by atoms with E-state index in [1.807, 2.05) is 12.1 Å². The number of urea groups is 1. The number of rotatable bonds is 5. The summed E-state index contributed by atoms with van der Waals surface area (Å²) < 4.78 is 0. The number of halogens is 2. The Hall–Kier alpha value is -0.970. The van der Waals surface area contributed by atoms with E-state index >= 15 is 0 Å². The van der Waals surface area contributed by atoms with Gasteiger partial charge in [0.05, 0.1) is 10.0 Å². The fourth-order valence-electron chi connectivity index (χ4n) is 3.06. The summed E-state index contributed by atoms with van der Waals surface area (Å²) >= 11 is 12.2. The molecule has 0 unspecified atom stereocenters. The van der Waals surface area contributed by atoms with E-state index in [4.69, 9.17) is 23.2 Å². The highest BCUT2D eigenvalue weighted by Gasteiger charge is 2.22. The molecular weight excluding hydrogens is 345 g/mol. The minimum atomic E-state index is -0.0617. The van der Waals surface area contributed by atoms with Crippen LogP contribution in [0.15, 0.2) is 18.2 Å². The van der Waals surface area contributed by atoms with Gasteiger partial charge in [-0.05, 0) is 30.4 Å². The van der Waals surface area contributed by atoms with Crippen molar-refractivity contribution >= 4 is 29.2 Å². The number of amides is 2. The smallest absolute Gasteiger partial charge is 0.317 e. The third kappa shape index (κ3) is 5.54. The zero-order valence-electron chi connectivity index (χ0n) is 14.7. The van der Waals surface area contributed by atoms with Gasteiger partial charge in [0, 0.05) is 39.3 Å². The van der Waals surface area contributed by atoms with E-state index < -0.39 is 0 Å². The molecule has 2 rings (SSSR count). The lowest BCUT2D eigenvalue weighted by Crippen LogP contribution is -2.48. The van der Waals surface area contributed by atoms with Gasteiger partial charge < -0.3 is 15.1 Å². The fourth-order valence-corrected chi connectivity index (χ4v) is 3.44. The molecule has 1 aliphatic rings. The quantitative estimate of drug-likeness (QED) is 0.839. The van der Waals surface area contributed by atoms with Crippen molar-refractivity contribution in [2.24, 2.45) is 5.92 Å². The molecule has 0 radical (unpaired) electrons. The van der Waals surface area contributed by atoms with E-state index in [9.17, 15) is 4.79 Å². The van der Waals surface area contributed by atoms with Crippen molar-refractivity contribution < 1.29 is 4.79 Å². The van der Waals surface area contributed by atoms with E-state index in [1.54, 1.807) is 18.0 Å². The first kappa shape index (κ1) is 19.4. The first-order chi connectivity index (χ1) is 11.4. The van der Waals surface area contributed by atoms with Gasteiger partial charge in [0.15, 0.2) is 0 Å². The second-order valence-electron chi connectivity index (χ2n) is 6.99. The van der Waals surface area contributed by atoms with Gasteiger partial charge in [-0.2, -0.15) is 0 Å². The molecule has 4 nitrogen and oxygen atoms in total. The molecule has 6 heteroatoms. The van der Waals surface area contributed by atoms with Crippen LogP contribution in [0.3, 0.4) is 0 Å². The van der Waals surface area contributed by atoms with Gasteiger partial charge in [-0.3, -0.25) is 0 Å². The first-order valence-corrected chi connectivity index (χ1v) is 9.29. The van der Waals surface area contributed by atoms with Gasteiger partial charge in [0.1, 0.15) is 0 Å². The number of nitrogens with zero attached hydrogens (tertiary/aromatic N) is 2. The third-order valence-corrected chi connectivity index (χ3v) is 5.18. The Morgan fingerprint density at radius 3 is 2.62 bits per heavy atom. The lowest BCUT2D eigenvalue weighted by atomic mass is 10.0. The highest BCUT2D eigenvalue weighted by Crippen LogP contribution is 2.26. The number of benzene rings is 1. The molecule has 134 valence electrons. The maximum atomic E-state index is 12.4. The molecule has 1 aromatic rings. The maximum Gasteiger partial charge on any atom is 0.317 e. The van der Waals surface area contributed by atoms with Crippen molar-refractivity contribution in [1.29, 1.82) is 0 Å². The van der Waals surface area contributed by atoms with Crippen molar-refractivity contribution in [3.05, 3.63) is 33.8 Å². The van der Waals surface area contributed by atoms with E-state index in [0.29, 0.717) is 22.5 Å². The molecule has 1 aliphatic heterocycles. The van der Waals surface area contributed by atoms with Crippen LogP contribution >= 0.6 is 23.2 Å². The summed E-state index contributed by atoms with van der Waals surface area (Å²) in [6, 6.07) is 5.67. The molecule has 0 bridgehead atoms. The second-order valence-corrected chi connectivity index (χ2v) is 7.77. The SMILES string of the molecule is CC(C)CN1CCC(NC(=O)N(C)Cc2cccc(Cl)c2Cl)CC1. The standard InChI is InChI=1S/C18H27Cl2N3O/c1-13(2)11-23-9-7-15(8-10-23)21-18(24)22(3)12-14-5-4-6-16(19)17(14)20/h4-6,13,15H,7-12H2,1-3H3,(H,21,24). The highest BCUT2D eigenvalue weighted by atomic mass is 35.5. The number of likely N-dealkylation sites (tertiary alicyclic amines) is 1. The summed E-state index contributed by atoms with van der Waals surface area (Å²) in [5.41, 5.74) is 0.855. The Kier molecular flexibility index (Phi) is 7.20. The summed E-state index contributed by atoms with van der Waals surface area (Å²) in [6.07, 6.45) is 2.01. The van der Waals surface area contributed by atoms with Crippen LogP contribution < -0.4 is 5.32 Å². The van der Waals surface area contributed by atoms with Crippen LogP contribution in [0.2, 0.25) is 10.0 Å². The number of piperidine rings is 1. The van der Waals surface area contributed by atoms with Crippen molar-refractivity contribution in [3.8, 4) is 0 Å². The van der Waals surface area contributed by atoms with Crippen LogP contribution in [0.5, 0.6) is 0 Å². The van der Waals surface area contributed by atoms with Gasteiger partial charge in [-0.25, -0.2) is 4.79 Å². The Morgan fingerprint density at radius 1 is 1.33 bits per heavy atom. The van der Waals surface area contributed by atoms with Gasteiger partial charge in [-0.15, -0.1) is 0 Å². The summed E-state index contributed by atoms with van der Waals surface area (Å²) in [5.74, 6) is 0.685. The topological polar surface area (TPSA) is 35.6 Å².